The van der Waals surface area contributed by atoms with Crippen molar-refractivity contribution in [1.29, 1.82) is 0 Å². The van der Waals surface area contributed by atoms with Gasteiger partial charge in [-0.1, -0.05) is 13.8 Å². The molecule has 6 nitrogen and oxygen atoms in total. The van der Waals surface area contributed by atoms with Gasteiger partial charge in [-0.3, -0.25) is 4.79 Å². The van der Waals surface area contributed by atoms with Crippen LogP contribution in [0.2, 0.25) is 0 Å². The Balaban J connectivity index is 1.83. The SMILES string of the molecule is COC(=O)c1ccc(NC(=O)c2cc(OCC(C)C)cc(-c3ccsc3)c2)nc1. The summed E-state index contributed by atoms with van der Waals surface area (Å²) in [5.74, 6) is 0.560. The van der Waals surface area contributed by atoms with Gasteiger partial charge in [0, 0.05) is 11.8 Å². The molecule has 0 bridgehead atoms. The summed E-state index contributed by atoms with van der Waals surface area (Å²) in [4.78, 5) is 28.4. The molecule has 0 unspecified atom stereocenters. The Kier molecular flexibility index (Phi) is 6.61. The van der Waals surface area contributed by atoms with Crippen LogP contribution in [0.3, 0.4) is 0 Å². The topological polar surface area (TPSA) is 77.5 Å². The number of ether oxygens (including phenoxy) is 2. The number of hydrogen-bond acceptors (Lipinski definition) is 6. The van der Waals surface area contributed by atoms with Crippen molar-refractivity contribution in [2.75, 3.05) is 19.0 Å². The molecule has 29 heavy (non-hydrogen) atoms. The summed E-state index contributed by atoms with van der Waals surface area (Å²) < 4.78 is 10.5. The van der Waals surface area contributed by atoms with Gasteiger partial charge in [0.25, 0.3) is 5.91 Å². The molecule has 0 aliphatic heterocycles. The van der Waals surface area contributed by atoms with Gasteiger partial charge in [-0.2, -0.15) is 11.3 Å². The molecule has 2 heterocycles. The molecule has 0 aliphatic rings. The predicted molar refractivity (Wildman–Crippen MR) is 114 cm³/mol. The molecule has 7 heteroatoms. The predicted octanol–water partition coefficient (Wildman–Crippen LogP) is 4.88. The van der Waals surface area contributed by atoms with Crippen LogP contribution in [0.1, 0.15) is 34.6 Å². The first-order chi connectivity index (χ1) is 14.0. The van der Waals surface area contributed by atoms with Crippen LogP contribution >= 0.6 is 11.3 Å². The van der Waals surface area contributed by atoms with Crippen molar-refractivity contribution in [2.24, 2.45) is 5.92 Å². The average molecular weight is 410 g/mol. The van der Waals surface area contributed by atoms with E-state index in [2.05, 4.69) is 28.9 Å². The minimum absolute atomic E-state index is 0.310. The average Bonchev–Trinajstić information content (AvgIpc) is 3.27. The van der Waals surface area contributed by atoms with E-state index in [1.807, 2.05) is 29.0 Å². The highest BCUT2D eigenvalue weighted by Crippen LogP contribution is 2.28. The smallest absolute Gasteiger partial charge is 0.339 e. The zero-order valence-corrected chi connectivity index (χ0v) is 17.3. The number of esters is 1. The zero-order valence-electron chi connectivity index (χ0n) is 16.5. The fourth-order valence-corrected chi connectivity index (χ4v) is 3.23. The fourth-order valence-electron chi connectivity index (χ4n) is 2.57. The van der Waals surface area contributed by atoms with Crippen molar-refractivity contribution in [1.82, 2.24) is 4.98 Å². The number of carbonyl (C=O) groups excluding carboxylic acids is 2. The Morgan fingerprint density at radius 3 is 2.55 bits per heavy atom. The highest BCUT2D eigenvalue weighted by molar-refractivity contribution is 7.08. The van der Waals surface area contributed by atoms with E-state index in [9.17, 15) is 9.59 Å². The molecule has 1 N–H and O–H groups in total. The fraction of sp³-hybridized carbons (Fsp3) is 0.227. The quantitative estimate of drug-likeness (QED) is 0.562. The van der Waals surface area contributed by atoms with Crippen LogP contribution in [0.25, 0.3) is 11.1 Å². The standard InChI is InChI=1S/C22H22N2O4S/c1-14(2)12-28-19-9-17(16-6-7-29-13-16)8-18(10-19)21(25)24-20-5-4-15(11-23-20)22(26)27-3/h4-11,13-14H,12H2,1-3H3,(H,23,24,25). The Labute approximate surface area is 173 Å². The Bertz CT molecular complexity index is 983. The number of benzene rings is 1. The van der Waals surface area contributed by atoms with E-state index in [4.69, 9.17) is 4.74 Å². The number of nitrogens with zero attached hydrogens (tertiary/aromatic N) is 1. The maximum atomic E-state index is 12.8. The summed E-state index contributed by atoms with van der Waals surface area (Å²) in [6.45, 7) is 4.70. The van der Waals surface area contributed by atoms with Crippen LogP contribution in [-0.4, -0.2) is 30.6 Å². The van der Waals surface area contributed by atoms with Gasteiger partial charge >= 0.3 is 5.97 Å². The summed E-state index contributed by atoms with van der Waals surface area (Å²) >= 11 is 1.59. The molecule has 3 aromatic rings. The minimum atomic E-state index is -0.481. The first-order valence-corrected chi connectivity index (χ1v) is 10.1. The van der Waals surface area contributed by atoms with Crippen molar-refractivity contribution < 1.29 is 19.1 Å². The van der Waals surface area contributed by atoms with E-state index in [1.165, 1.54) is 13.3 Å². The Morgan fingerprint density at radius 2 is 1.93 bits per heavy atom. The first kappa shape index (κ1) is 20.5. The molecule has 0 saturated heterocycles. The maximum Gasteiger partial charge on any atom is 0.339 e. The molecule has 0 saturated carbocycles. The van der Waals surface area contributed by atoms with Crippen LogP contribution in [-0.2, 0) is 4.74 Å². The highest BCUT2D eigenvalue weighted by Gasteiger charge is 2.13. The molecule has 2 aromatic heterocycles. The number of nitrogens with one attached hydrogen (secondary N) is 1. The molecule has 1 amide bonds. The van der Waals surface area contributed by atoms with Crippen molar-refractivity contribution >= 4 is 29.0 Å². The van der Waals surface area contributed by atoms with Crippen molar-refractivity contribution in [3.63, 3.8) is 0 Å². The second kappa shape index (κ2) is 9.34. The van der Waals surface area contributed by atoms with Crippen LogP contribution < -0.4 is 10.1 Å². The van der Waals surface area contributed by atoms with Gasteiger partial charge in [0.15, 0.2) is 0 Å². The molecule has 0 atom stereocenters. The summed E-state index contributed by atoms with van der Waals surface area (Å²) in [5, 5.41) is 6.77. The van der Waals surface area contributed by atoms with E-state index >= 15 is 0 Å². The van der Waals surface area contributed by atoms with Gasteiger partial charge in [-0.15, -0.1) is 0 Å². The third kappa shape index (κ3) is 5.42. The van der Waals surface area contributed by atoms with Crippen LogP contribution in [0.15, 0.2) is 53.4 Å². The molecule has 0 fully saturated rings. The number of thiophene rings is 1. The van der Waals surface area contributed by atoms with E-state index in [0.29, 0.717) is 35.2 Å². The van der Waals surface area contributed by atoms with Crippen molar-refractivity contribution in [3.05, 3.63) is 64.5 Å². The number of hydrogen-bond donors (Lipinski definition) is 1. The number of aromatic nitrogens is 1. The maximum absolute atomic E-state index is 12.8. The molecule has 150 valence electrons. The molecule has 0 radical (unpaired) electrons. The lowest BCUT2D eigenvalue weighted by Gasteiger charge is -2.12. The second-order valence-electron chi connectivity index (χ2n) is 6.84. The summed E-state index contributed by atoms with van der Waals surface area (Å²) in [5.41, 5.74) is 2.71. The number of pyridine rings is 1. The highest BCUT2D eigenvalue weighted by atomic mass is 32.1. The van der Waals surface area contributed by atoms with Gasteiger partial charge in [0.1, 0.15) is 11.6 Å². The molecule has 0 aliphatic carbocycles. The third-order valence-electron chi connectivity index (χ3n) is 4.03. The molecule has 0 spiro atoms. The lowest BCUT2D eigenvalue weighted by atomic mass is 10.0. The van der Waals surface area contributed by atoms with Crippen LogP contribution in [0.4, 0.5) is 5.82 Å². The van der Waals surface area contributed by atoms with Crippen LogP contribution in [0, 0.1) is 5.92 Å². The van der Waals surface area contributed by atoms with Gasteiger partial charge in [-0.05, 0) is 64.2 Å². The van der Waals surface area contributed by atoms with Crippen molar-refractivity contribution in [2.45, 2.75) is 13.8 Å². The van der Waals surface area contributed by atoms with Crippen LogP contribution in [0.5, 0.6) is 5.75 Å². The molecule has 3 rings (SSSR count). The van der Waals surface area contributed by atoms with Gasteiger partial charge in [0.2, 0.25) is 0 Å². The van der Waals surface area contributed by atoms with E-state index in [1.54, 1.807) is 29.5 Å². The molecular weight excluding hydrogens is 388 g/mol. The van der Waals surface area contributed by atoms with Gasteiger partial charge in [0.05, 0.1) is 19.3 Å². The monoisotopic (exact) mass is 410 g/mol. The summed E-state index contributed by atoms with van der Waals surface area (Å²) in [7, 11) is 1.30. The number of anilines is 1. The molecular formula is C22H22N2O4S. The molecule has 1 aromatic carbocycles. The van der Waals surface area contributed by atoms with Gasteiger partial charge in [-0.25, -0.2) is 9.78 Å². The Morgan fingerprint density at radius 1 is 1.10 bits per heavy atom. The number of carbonyl (C=O) groups is 2. The number of methoxy groups -OCH3 is 1. The summed E-state index contributed by atoms with van der Waals surface area (Å²) in [6.07, 6.45) is 1.36. The zero-order chi connectivity index (χ0) is 20.8. The normalized spacial score (nSPS) is 10.6. The lowest BCUT2D eigenvalue weighted by Crippen LogP contribution is -2.14. The van der Waals surface area contributed by atoms with Gasteiger partial charge < -0.3 is 14.8 Å². The first-order valence-electron chi connectivity index (χ1n) is 9.12. The van der Waals surface area contributed by atoms with Crippen molar-refractivity contribution in [3.8, 4) is 16.9 Å². The second-order valence-corrected chi connectivity index (χ2v) is 7.62. The number of rotatable bonds is 7. The number of amides is 1. The third-order valence-corrected chi connectivity index (χ3v) is 4.72. The van der Waals surface area contributed by atoms with E-state index < -0.39 is 5.97 Å². The Hall–Kier alpha value is -3.19. The largest absolute Gasteiger partial charge is 0.493 e. The van der Waals surface area contributed by atoms with E-state index in [-0.39, 0.29) is 5.91 Å². The lowest BCUT2D eigenvalue weighted by molar-refractivity contribution is 0.0600. The minimum Gasteiger partial charge on any atom is -0.493 e. The summed E-state index contributed by atoms with van der Waals surface area (Å²) in [6, 6.07) is 10.6. The van der Waals surface area contributed by atoms with E-state index in [0.717, 1.165) is 11.1 Å².